The molecule has 0 spiro atoms. The molecule has 3 aromatic carbocycles. The number of nitrogens with zero attached hydrogens (tertiary/aromatic N) is 3. The second-order valence-corrected chi connectivity index (χ2v) is 18.7. The molecule has 0 saturated carbocycles. The number of rotatable bonds is 26. The van der Waals surface area contributed by atoms with E-state index in [1.165, 1.54) is 70.3 Å². The number of benzene rings is 3. The Bertz CT molecular complexity index is 2820. The molecule has 0 aliphatic heterocycles. The Morgan fingerprint density at radius 2 is 0.838 bits per heavy atom. The van der Waals surface area contributed by atoms with Crippen LogP contribution in [0.15, 0.2) is 147 Å². The van der Waals surface area contributed by atoms with E-state index >= 15 is 0 Å². The second-order valence-electron chi connectivity index (χ2n) is 18.3. The number of esters is 4. The summed E-state index contributed by atoms with van der Waals surface area (Å²) in [7, 11) is 0. The van der Waals surface area contributed by atoms with Gasteiger partial charge in [0, 0.05) is 78.7 Å². The molecule has 0 fully saturated rings. The molecule has 3 aromatic heterocycles. The summed E-state index contributed by atoms with van der Waals surface area (Å²) in [6.45, 7) is 17.7. The van der Waals surface area contributed by atoms with Crippen LogP contribution in [0.3, 0.4) is 0 Å². The fourth-order valence-corrected chi connectivity index (χ4v) is 6.28. The molecule has 80 heavy (non-hydrogen) atoms. The Morgan fingerprint density at radius 1 is 0.463 bits per heavy atom. The van der Waals surface area contributed by atoms with E-state index in [0.29, 0.717) is 61.4 Å². The van der Waals surface area contributed by atoms with Crippen LogP contribution in [0.4, 0.5) is 17.6 Å². The van der Waals surface area contributed by atoms with Gasteiger partial charge in [0.2, 0.25) is 0 Å². The summed E-state index contributed by atoms with van der Waals surface area (Å²) in [5, 5.41) is 0.244. The number of aromatic nitrogens is 3. The Morgan fingerprint density at radius 3 is 1.25 bits per heavy atom. The molecule has 0 amide bonds. The van der Waals surface area contributed by atoms with E-state index in [2.05, 4.69) is 28.1 Å². The quantitative estimate of drug-likeness (QED) is 0.0164. The van der Waals surface area contributed by atoms with Gasteiger partial charge in [-0.25, -0.2) is 36.7 Å². The number of halogens is 5. The van der Waals surface area contributed by atoms with Crippen molar-refractivity contribution in [2.24, 2.45) is 0 Å². The summed E-state index contributed by atoms with van der Waals surface area (Å²) < 4.78 is 101. The predicted octanol–water partition coefficient (Wildman–Crippen LogP) is 12.0. The Balaban J connectivity index is 0.000000258. The van der Waals surface area contributed by atoms with Crippen molar-refractivity contribution in [3.8, 4) is 17.2 Å². The highest BCUT2D eigenvalue weighted by atomic mass is 35.5. The van der Waals surface area contributed by atoms with Crippen LogP contribution >= 0.6 is 11.6 Å². The van der Waals surface area contributed by atoms with Gasteiger partial charge in [0.05, 0.1) is 45.2 Å². The standard InChI is InChI=1S/C20H21ClFNO4.C20H21F2NO4.C19H20FNO5/c2*1-14(15-6-4-9-23-13-15)25-10-5-11-26-19(24)20(2,3)27-18-8-7-16(21)12-17(18)22;1-19(2,26-16-8-6-15(20)7-9-16)18(23)25-12-4-11-24-17(22)14-5-3-10-21-13-14/h2*4,6-9,12-13H,1,5,10-11H2,2-3H3;3,5-10,13H,4,11-12H2,1-2H3. The van der Waals surface area contributed by atoms with E-state index in [0.717, 1.165) is 29.3 Å². The van der Waals surface area contributed by atoms with Gasteiger partial charge < -0.3 is 42.6 Å². The molecule has 0 N–H and O–H groups in total. The van der Waals surface area contributed by atoms with Gasteiger partial charge in [-0.05, 0) is 133 Å². The molecule has 6 aromatic rings. The van der Waals surface area contributed by atoms with Gasteiger partial charge >= 0.3 is 23.9 Å². The van der Waals surface area contributed by atoms with Gasteiger partial charge in [-0.2, -0.15) is 0 Å². The lowest BCUT2D eigenvalue weighted by Crippen LogP contribution is -2.40. The second kappa shape index (κ2) is 31.8. The molecule has 426 valence electrons. The van der Waals surface area contributed by atoms with Crippen molar-refractivity contribution in [3.63, 3.8) is 0 Å². The van der Waals surface area contributed by atoms with Crippen LogP contribution in [0.1, 0.15) is 82.3 Å². The number of hydrogen-bond acceptors (Lipinski definition) is 16. The minimum atomic E-state index is -1.43. The van der Waals surface area contributed by atoms with E-state index < -0.39 is 63.9 Å². The highest BCUT2D eigenvalue weighted by Gasteiger charge is 2.34. The predicted molar refractivity (Wildman–Crippen MR) is 288 cm³/mol. The van der Waals surface area contributed by atoms with E-state index in [9.17, 15) is 36.7 Å². The zero-order valence-electron chi connectivity index (χ0n) is 45.0. The molecule has 0 aliphatic rings. The van der Waals surface area contributed by atoms with Crippen LogP contribution in [-0.2, 0) is 42.8 Å². The van der Waals surface area contributed by atoms with Crippen LogP contribution in [0.5, 0.6) is 17.2 Å². The maximum absolute atomic E-state index is 13.8. The smallest absolute Gasteiger partial charge is 0.349 e. The Labute approximate surface area is 466 Å². The number of carbonyl (C=O) groups is 4. The summed E-state index contributed by atoms with van der Waals surface area (Å²) >= 11 is 5.70. The molecule has 3 heterocycles. The fraction of sp³-hybridized carbons (Fsp3) is 0.305. The molecule has 0 radical (unpaired) electrons. The van der Waals surface area contributed by atoms with Gasteiger partial charge in [-0.15, -0.1) is 0 Å². The van der Waals surface area contributed by atoms with Crippen LogP contribution in [-0.4, -0.2) is 95.3 Å². The first-order chi connectivity index (χ1) is 38.0. The van der Waals surface area contributed by atoms with Crippen LogP contribution in [0.2, 0.25) is 5.02 Å². The number of ether oxygens (including phenoxy) is 9. The zero-order valence-corrected chi connectivity index (χ0v) is 45.8. The third kappa shape index (κ3) is 22.4. The third-order valence-corrected chi connectivity index (χ3v) is 10.6. The van der Waals surface area contributed by atoms with Crippen molar-refractivity contribution in [3.05, 3.63) is 192 Å². The summed E-state index contributed by atoms with van der Waals surface area (Å²) in [4.78, 5) is 60.0. The molecule has 0 unspecified atom stereocenters. The summed E-state index contributed by atoms with van der Waals surface area (Å²) in [5.41, 5.74) is -2.10. The minimum Gasteiger partial charge on any atom is -0.493 e. The molecule has 0 atom stereocenters. The lowest BCUT2D eigenvalue weighted by molar-refractivity contribution is -0.160. The lowest BCUT2D eigenvalue weighted by Gasteiger charge is -2.24. The Kier molecular flexibility index (Phi) is 25.4. The molecule has 16 nitrogen and oxygen atoms in total. The van der Waals surface area contributed by atoms with Crippen LogP contribution in [0.25, 0.3) is 11.5 Å². The Hall–Kier alpha value is -8.52. The van der Waals surface area contributed by atoms with Gasteiger partial charge in [0.25, 0.3) is 0 Å². The summed E-state index contributed by atoms with van der Waals surface area (Å²) in [6.07, 6.45) is 10.8. The molecule has 0 bridgehead atoms. The van der Waals surface area contributed by atoms with Gasteiger partial charge in [-0.1, -0.05) is 24.8 Å². The minimum absolute atomic E-state index is 0.0718. The molecule has 0 aliphatic carbocycles. The van der Waals surface area contributed by atoms with E-state index in [-0.39, 0.29) is 42.9 Å². The van der Waals surface area contributed by atoms with Crippen LogP contribution in [0, 0.1) is 23.3 Å². The molecule has 0 saturated heterocycles. The lowest BCUT2D eigenvalue weighted by atomic mass is 10.1. The normalized spacial score (nSPS) is 10.9. The molecular weight excluding hydrogens is 1070 g/mol. The first kappa shape index (κ1) is 64.0. The summed E-state index contributed by atoms with van der Waals surface area (Å²) in [6, 6.07) is 22.6. The molecule has 6 rings (SSSR count). The highest BCUT2D eigenvalue weighted by Crippen LogP contribution is 2.27. The largest absolute Gasteiger partial charge is 0.493 e. The summed E-state index contributed by atoms with van der Waals surface area (Å²) in [5.74, 6) is -3.95. The third-order valence-electron chi connectivity index (χ3n) is 10.4. The van der Waals surface area contributed by atoms with Gasteiger partial charge in [0.15, 0.2) is 39.9 Å². The van der Waals surface area contributed by atoms with Crippen molar-refractivity contribution < 1.29 is 79.4 Å². The maximum Gasteiger partial charge on any atom is 0.349 e. The number of carbonyl (C=O) groups excluding carboxylic acids is 4. The van der Waals surface area contributed by atoms with E-state index in [4.69, 9.17) is 54.2 Å². The number of hydrogen-bond donors (Lipinski definition) is 0. The number of pyridine rings is 3. The van der Waals surface area contributed by atoms with Crippen LogP contribution < -0.4 is 14.2 Å². The highest BCUT2D eigenvalue weighted by molar-refractivity contribution is 6.30. The van der Waals surface area contributed by atoms with Crippen molar-refractivity contribution in [1.29, 1.82) is 0 Å². The average molecular weight is 1130 g/mol. The zero-order chi connectivity index (χ0) is 58.7. The maximum atomic E-state index is 13.8. The van der Waals surface area contributed by atoms with Gasteiger partial charge in [0.1, 0.15) is 28.9 Å². The average Bonchev–Trinajstić information content (AvgIpc) is 3.43. The first-order valence-corrected chi connectivity index (χ1v) is 25.1. The van der Waals surface area contributed by atoms with Crippen molar-refractivity contribution in [2.75, 3.05) is 39.6 Å². The van der Waals surface area contributed by atoms with E-state index in [1.54, 1.807) is 69.1 Å². The van der Waals surface area contributed by atoms with Crippen molar-refractivity contribution in [2.45, 2.75) is 77.6 Å². The topological polar surface area (TPSA) is 190 Å². The fourth-order valence-electron chi connectivity index (χ4n) is 6.13. The first-order valence-electron chi connectivity index (χ1n) is 24.7. The molecular formula is C59H62ClF4N3O13. The van der Waals surface area contributed by atoms with Gasteiger partial charge in [-0.3, -0.25) is 15.0 Å². The van der Waals surface area contributed by atoms with E-state index in [1.807, 2.05) is 12.1 Å². The van der Waals surface area contributed by atoms with Crippen molar-refractivity contribution in [1.82, 2.24) is 15.0 Å². The van der Waals surface area contributed by atoms with Crippen molar-refractivity contribution >= 4 is 47.0 Å². The monoisotopic (exact) mass is 1130 g/mol. The molecule has 21 heteroatoms. The SMILES string of the molecule is C=C(OCCCOC(=O)C(C)(C)Oc1ccc(Cl)cc1F)c1cccnc1.C=C(OCCCOC(=O)C(C)(C)Oc1ccc(F)cc1F)c1cccnc1.CC(C)(Oc1ccc(F)cc1)C(=O)OCCCOC(=O)c1cccnc1.